The van der Waals surface area contributed by atoms with Crippen LogP contribution in [0.2, 0.25) is 10.0 Å². The fraction of sp³-hybridized carbons (Fsp3) is 0.440. The standard InChI is InChI=1S/C25H25Cl2N5O4S/c1-14(33)22-21(27)20-12-31(9-4-10-32(20)30-22)23-16-13-36-25(8-7-15-17(25)5-3-6-18(15)26)11-19(16)28-24(29-23)37(2,34)35/h3,5-6H,4,7-13H2,1-2H3/t25-/m0/s1. The van der Waals surface area contributed by atoms with E-state index in [1.165, 1.54) is 6.92 Å². The van der Waals surface area contributed by atoms with Gasteiger partial charge in [0.2, 0.25) is 15.0 Å². The molecule has 9 nitrogen and oxygen atoms in total. The van der Waals surface area contributed by atoms with Crippen molar-refractivity contribution in [1.82, 2.24) is 19.7 Å². The van der Waals surface area contributed by atoms with Crippen molar-refractivity contribution in [3.8, 4) is 0 Å². The zero-order valence-corrected chi connectivity index (χ0v) is 22.8. The molecule has 12 heteroatoms. The van der Waals surface area contributed by atoms with Gasteiger partial charge < -0.3 is 9.64 Å². The SMILES string of the molecule is CC(=O)c1nn2c(c1Cl)CN(c1nc(S(C)(=O)=O)nc3c1CO[C@@]1(CCc4c(Cl)cccc41)C3)CCC2. The zero-order chi connectivity index (χ0) is 26.1. The first-order chi connectivity index (χ1) is 17.6. The molecule has 2 aromatic heterocycles. The fourth-order valence-electron chi connectivity index (χ4n) is 5.67. The molecule has 0 unspecified atom stereocenters. The molecular formula is C25H25Cl2N5O4S. The number of carbonyl (C=O) groups is 1. The number of ketones is 1. The van der Waals surface area contributed by atoms with Crippen molar-refractivity contribution in [2.45, 2.75) is 63.1 Å². The monoisotopic (exact) mass is 561 g/mol. The number of benzene rings is 1. The van der Waals surface area contributed by atoms with Gasteiger partial charge in [0.25, 0.3) is 0 Å². The van der Waals surface area contributed by atoms with Crippen molar-refractivity contribution in [2.24, 2.45) is 0 Å². The second kappa shape index (κ2) is 8.76. The Labute approximate surface area is 224 Å². The number of carbonyl (C=O) groups excluding carboxylic acids is 1. The lowest BCUT2D eigenvalue weighted by molar-refractivity contribution is -0.0730. The first-order valence-corrected chi connectivity index (χ1v) is 14.7. The molecule has 1 atom stereocenters. The molecule has 0 saturated carbocycles. The number of halogens is 2. The molecule has 0 saturated heterocycles. The van der Waals surface area contributed by atoms with E-state index in [9.17, 15) is 13.2 Å². The summed E-state index contributed by atoms with van der Waals surface area (Å²) in [7, 11) is -3.68. The lowest BCUT2D eigenvalue weighted by Crippen LogP contribution is -2.37. The quantitative estimate of drug-likeness (QED) is 0.350. The van der Waals surface area contributed by atoms with E-state index in [1.54, 1.807) is 4.68 Å². The number of fused-ring (bicyclic) bond motifs is 4. The first-order valence-electron chi connectivity index (χ1n) is 12.1. The highest BCUT2D eigenvalue weighted by Gasteiger charge is 2.45. The number of anilines is 1. The van der Waals surface area contributed by atoms with Crippen LogP contribution in [0.15, 0.2) is 23.4 Å². The van der Waals surface area contributed by atoms with Crippen molar-refractivity contribution < 1.29 is 17.9 Å². The van der Waals surface area contributed by atoms with E-state index in [4.69, 9.17) is 27.9 Å². The summed E-state index contributed by atoms with van der Waals surface area (Å²) in [5.74, 6) is 0.311. The van der Waals surface area contributed by atoms with Crippen LogP contribution in [-0.2, 0) is 52.7 Å². The predicted octanol–water partition coefficient (Wildman–Crippen LogP) is 3.91. The van der Waals surface area contributed by atoms with Gasteiger partial charge in [-0.15, -0.1) is 0 Å². The van der Waals surface area contributed by atoms with Gasteiger partial charge in [-0.1, -0.05) is 35.3 Å². The van der Waals surface area contributed by atoms with Crippen LogP contribution in [0.5, 0.6) is 0 Å². The minimum Gasteiger partial charge on any atom is -0.365 e. The van der Waals surface area contributed by atoms with Gasteiger partial charge >= 0.3 is 0 Å². The molecule has 37 heavy (non-hydrogen) atoms. The van der Waals surface area contributed by atoms with Gasteiger partial charge in [0, 0.05) is 43.3 Å². The van der Waals surface area contributed by atoms with Gasteiger partial charge in [0.15, 0.2) is 5.78 Å². The second-order valence-corrected chi connectivity index (χ2v) is 12.6. The van der Waals surface area contributed by atoms with E-state index < -0.39 is 15.4 Å². The number of aryl methyl sites for hydroxylation is 1. The topological polar surface area (TPSA) is 107 Å². The Kier molecular flexibility index (Phi) is 5.87. The third kappa shape index (κ3) is 4.05. The zero-order valence-electron chi connectivity index (χ0n) is 20.4. The van der Waals surface area contributed by atoms with Gasteiger partial charge in [0.05, 0.1) is 35.2 Å². The molecule has 1 aliphatic carbocycles. The highest BCUT2D eigenvalue weighted by Crippen LogP contribution is 2.48. The Morgan fingerprint density at radius 2 is 1.97 bits per heavy atom. The summed E-state index contributed by atoms with van der Waals surface area (Å²) < 4.78 is 33.6. The normalized spacial score (nSPS) is 20.9. The molecule has 194 valence electrons. The summed E-state index contributed by atoms with van der Waals surface area (Å²) >= 11 is 13.0. The lowest BCUT2D eigenvalue weighted by Gasteiger charge is -2.37. The van der Waals surface area contributed by atoms with Crippen LogP contribution in [0.1, 0.15) is 58.3 Å². The number of ether oxygens (including phenoxy) is 1. The van der Waals surface area contributed by atoms with E-state index in [0.717, 1.165) is 35.8 Å². The van der Waals surface area contributed by atoms with Crippen LogP contribution in [0.25, 0.3) is 0 Å². The number of rotatable bonds is 3. The summed E-state index contributed by atoms with van der Waals surface area (Å²) in [4.78, 5) is 23.1. The summed E-state index contributed by atoms with van der Waals surface area (Å²) in [5, 5.41) is 5.23. The summed E-state index contributed by atoms with van der Waals surface area (Å²) in [6.07, 6.45) is 3.78. The van der Waals surface area contributed by atoms with Crippen molar-refractivity contribution in [3.63, 3.8) is 0 Å². The van der Waals surface area contributed by atoms with E-state index >= 15 is 0 Å². The third-order valence-corrected chi connectivity index (χ3v) is 9.08. The average molecular weight is 562 g/mol. The molecule has 4 heterocycles. The second-order valence-electron chi connectivity index (χ2n) is 9.92. The van der Waals surface area contributed by atoms with E-state index in [2.05, 4.69) is 15.1 Å². The molecule has 3 aliphatic rings. The molecule has 0 fully saturated rings. The largest absolute Gasteiger partial charge is 0.365 e. The van der Waals surface area contributed by atoms with Gasteiger partial charge in [-0.05, 0) is 36.5 Å². The molecule has 3 aromatic rings. The van der Waals surface area contributed by atoms with Crippen LogP contribution in [0.4, 0.5) is 5.82 Å². The number of sulfone groups is 1. The maximum absolute atomic E-state index is 12.6. The Balaban J connectivity index is 1.45. The van der Waals surface area contributed by atoms with Gasteiger partial charge in [-0.2, -0.15) is 5.10 Å². The maximum Gasteiger partial charge on any atom is 0.249 e. The first kappa shape index (κ1) is 24.8. The highest BCUT2D eigenvalue weighted by molar-refractivity contribution is 7.90. The van der Waals surface area contributed by atoms with Crippen LogP contribution >= 0.6 is 23.2 Å². The van der Waals surface area contributed by atoms with E-state index in [-0.39, 0.29) is 23.2 Å². The molecule has 0 N–H and O–H groups in total. The predicted molar refractivity (Wildman–Crippen MR) is 138 cm³/mol. The molecule has 2 aliphatic heterocycles. The van der Waals surface area contributed by atoms with Gasteiger partial charge in [0.1, 0.15) is 11.5 Å². The number of hydrogen-bond acceptors (Lipinski definition) is 8. The minimum absolute atomic E-state index is 0.202. The summed E-state index contributed by atoms with van der Waals surface area (Å²) in [5.41, 5.74) is 3.87. The molecule has 1 aromatic carbocycles. The number of nitrogens with zero attached hydrogens (tertiary/aromatic N) is 5. The molecule has 0 amide bonds. The molecule has 6 rings (SSSR count). The highest BCUT2D eigenvalue weighted by atomic mass is 35.5. The Morgan fingerprint density at radius 3 is 2.73 bits per heavy atom. The van der Waals surface area contributed by atoms with E-state index in [1.807, 2.05) is 23.1 Å². The van der Waals surface area contributed by atoms with Crippen molar-refractivity contribution in [2.75, 3.05) is 17.7 Å². The third-order valence-electron chi connectivity index (χ3n) is 7.48. The molecule has 1 spiro atoms. The smallest absolute Gasteiger partial charge is 0.249 e. The number of Topliss-reactive ketones (excluding diaryl/α,β-unsaturated/α-hetero) is 1. The number of hydrogen-bond donors (Lipinski definition) is 0. The maximum atomic E-state index is 12.6. The number of aromatic nitrogens is 4. The van der Waals surface area contributed by atoms with Crippen LogP contribution < -0.4 is 4.90 Å². The van der Waals surface area contributed by atoms with Crippen molar-refractivity contribution in [3.05, 3.63) is 62.0 Å². The Hall–Kier alpha value is -2.53. The Bertz CT molecular complexity index is 1570. The van der Waals surface area contributed by atoms with Crippen LogP contribution in [0.3, 0.4) is 0 Å². The minimum atomic E-state index is -3.68. The molecule has 0 bridgehead atoms. The Morgan fingerprint density at radius 1 is 1.16 bits per heavy atom. The molecular weight excluding hydrogens is 537 g/mol. The van der Waals surface area contributed by atoms with E-state index in [0.29, 0.717) is 59.7 Å². The summed E-state index contributed by atoms with van der Waals surface area (Å²) in [6, 6.07) is 5.83. The molecule has 0 radical (unpaired) electrons. The van der Waals surface area contributed by atoms with Gasteiger partial charge in [-0.25, -0.2) is 18.4 Å². The summed E-state index contributed by atoms with van der Waals surface area (Å²) in [6.45, 7) is 3.19. The lowest BCUT2D eigenvalue weighted by atomic mass is 9.87. The van der Waals surface area contributed by atoms with Crippen molar-refractivity contribution >= 4 is 44.6 Å². The van der Waals surface area contributed by atoms with Crippen LogP contribution in [0, 0.1) is 0 Å². The average Bonchev–Trinajstić information content (AvgIpc) is 3.26. The van der Waals surface area contributed by atoms with Crippen LogP contribution in [-0.4, -0.2) is 46.8 Å². The van der Waals surface area contributed by atoms with Crippen molar-refractivity contribution in [1.29, 1.82) is 0 Å². The fourth-order valence-corrected chi connectivity index (χ4v) is 6.80. The van der Waals surface area contributed by atoms with Gasteiger partial charge in [-0.3, -0.25) is 9.48 Å².